The lowest BCUT2D eigenvalue weighted by Gasteiger charge is -2.28. The number of hydrogen-bond acceptors (Lipinski definition) is 6. The Hall–Kier alpha value is -2.85. The number of rotatable bonds is 3. The zero-order chi connectivity index (χ0) is 18.7. The number of aliphatic hydroxyl groups excluding tert-OH is 1. The Kier molecular flexibility index (Phi) is 5.24. The summed E-state index contributed by atoms with van der Waals surface area (Å²) in [5.74, 6) is 5.98. The molecule has 0 bridgehead atoms. The van der Waals surface area contributed by atoms with E-state index in [9.17, 15) is 15.0 Å². The van der Waals surface area contributed by atoms with Crippen molar-refractivity contribution >= 4 is 5.82 Å². The van der Waals surface area contributed by atoms with Crippen LogP contribution in [-0.4, -0.2) is 37.1 Å². The zero-order valence-electron chi connectivity index (χ0n) is 14.9. The van der Waals surface area contributed by atoms with Gasteiger partial charge in [0.2, 0.25) is 5.82 Å². The van der Waals surface area contributed by atoms with E-state index in [1.807, 2.05) is 0 Å². The molecule has 1 aromatic carbocycles. The second-order valence-corrected chi connectivity index (χ2v) is 6.45. The highest BCUT2D eigenvalue weighted by atomic mass is 16.3. The number of aromatic nitrogens is 3. The Labute approximate surface area is 151 Å². The number of phenolic OH excluding ortho intramolecular Hbond substituents is 1. The Morgan fingerprint density at radius 1 is 1.27 bits per heavy atom. The molecule has 1 fully saturated rings. The van der Waals surface area contributed by atoms with Crippen LogP contribution in [0.5, 0.6) is 5.75 Å². The van der Waals surface area contributed by atoms with Gasteiger partial charge in [-0.05, 0) is 38.0 Å². The van der Waals surface area contributed by atoms with Crippen LogP contribution in [0.25, 0.3) is 11.4 Å². The van der Waals surface area contributed by atoms with Crippen LogP contribution in [0.2, 0.25) is 0 Å². The molecule has 0 saturated heterocycles. The van der Waals surface area contributed by atoms with Crippen LogP contribution in [-0.2, 0) is 7.05 Å². The van der Waals surface area contributed by atoms with Gasteiger partial charge in [-0.3, -0.25) is 9.36 Å². The van der Waals surface area contributed by atoms with E-state index in [4.69, 9.17) is 0 Å². The van der Waals surface area contributed by atoms with Gasteiger partial charge >= 0.3 is 0 Å². The van der Waals surface area contributed by atoms with Crippen LogP contribution in [0.4, 0.5) is 5.82 Å². The van der Waals surface area contributed by atoms with Crippen molar-refractivity contribution in [2.75, 3.05) is 5.32 Å². The smallest absolute Gasteiger partial charge is 0.296 e. The predicted octanol–water partition coefficient (Wildman–Crippen LogP) is 1.63. The SMILES string of the molecule is CC#Cc1ccc(-c2nnc(N[C@@H]3CCCC[C@H]3O)c(=O)n2C)c(O)c1. The number of benzene rings is 1. The Bertz CT molecular complexity index is 927. The number of phenols is 1. The largest absolute Gasteiger partial charge is 0.507 e. The molecule has 0 aliphatic heterocycles. The molecule has 26 heavy (non-hydrogen) atoms. The van der Waals surface area contributed by atoms with Crippen LogP contribution in [0, 0.1) is 11.8 Å². The van der Waals surface area contributed by atoms with Gasteiger partial charge in [0.1, 0.15) is 5.75 Å². The molecule has 7 heteroatoms. The molecule has 3 N–H and O–H groups in total. The Morgan fingerprint density at radius 3 is 2.73 bits per heavy atom. The summed E-state index contributed by atoms with van der Waals surface area (Å²) in [7, 11) is 1.58. The first kappa shape index (κ1) is 18.0. The summed E-state index contributed by atoms with van der Waals surface area (Å²) in [5.41, 5.74) is 0.726. The normalized spacial score (nSPS) is 19.5. The van der Waals surface area contributed by atoms with E-state index in [0.717, 1.165) is 19.3 Å². The van der Waals surface area contributed by atoms with E-state index >= 15 is 0 Å². The molecule has 0 spiro atoms. The summed E-state index contributed by atoms with van der Waals surface area (Å²) in [4.78, 5) is 12.6. The van der Waals surface area contributed by atoms with Gasteiger partial charge in [-0.25, -0.2) is 0 Å². The van der Waals surface area contributed by atoms with Crippen LogP contribution in [0.15, 0.2) is 23.0 Å². The second kappa shape index (κ2) is 7.58. The standard InChI is InChI=1S/C19H22N4O3/c1-3-6-12-9-10-13(16(25)11-12)18-22-21-17(19(26)23(18)2)20-14-7-4-5-8-15(14)24/h9-11,14-15,24-25H,4-5,7-8H2,1-2H3,(H,20,21)/t14-,15-/m1/s1. The molecule has 0 radical (unpaired) electrons. The number of nitrogens with one attached hydrogen (secondary N) is 1. The van der Waals surface area contributed by atoms with Gasteiger partial charge in [-0.2, -0.15) is 0 Å². The fraction of sp³-hybridized carbons (Fsp3) is 0.421. The van der Waals surface area contributed by atoms with E-state index in [0.29, 0.717) is 17.5 Å². The van der Waals surface area contributed by atoms with Crippen LogP contribution >= 0.6 is 0 Å². The number of aromatic hydroxyl groups is 1. The molecule has 1 saturated carbocycles. The molecular formula is C19H22N4O3. The van der Waals surface area contributed by atoms with E-state index in [1.165, 1.54) is 10.6 Å². The monoisotopic (exact) mass is 354 g/mol. The predicted molar refractivity (Wildman–Crippen MR) is 98.8 cm³/mol. The van der Waals surface area contributed by atoms with Crippen molar-refractivity contribution in [3.8, 4) is 29.0 Å². The highest BCUT2D eigenvalue weighted by molar-refractivity contribution is 5.66. The lowest BCUT2D eigenvalue weighted by atomic mass is 9.93. The van der Waals surface area contributed by atoms with Gasteiger partial charge in [0.25, 0.3) is 5.56 Å². The first-order chi connectivity index (χ1) is 12.5. The maximum absolute atomic E-state index is 12.6. The first-order valence-corrected chi connectivity index (χ1v) is 8.65. The molecule has 7 nitrogen and oxygen atoms in total. The highest BCUT2D eigenvalue weighted by Gasteiger charge is 2.25. The summed E-state index contributed by atoms with van der Waals surface area (Å²) in [6.45, 7) is 1.72. The Morgan fingerprint density at radius 2 is 2.04 bits per heavy atom. The summed E-state index contributed by atoms with van der Waals surface area (Å²) < 4.78 is 1.34. The molecule has 1 aromatic heterocycles. The number of anilines is 1. The summed E-state index contributed by atoms with van der Waals surface area (Å²) in [5, 5.41) is 31.4. The van der Waals surface area contributed by atoms with Gasteiger partial charge in [0.05, 0.1) is 17.7 Å². The van der Waals surface area contributed by atoms with Crippen molar-refractivity contribution in [1.29, 1.82) is 0 Å². The topological polar surface area (TPSA) is 100 Å². The van der Waals surface area contributed by atoms with E-state index < -0.39 is 6.10 Å². The van der Waals surface area contributed by atoms with Crippen molar-refractivity contribution in [2.24, 2.45) is 7.05 Å². The van der Waals surface area contributed by atoms with Crippen LogP contribution in [0.3, 0.4) is 0 Å². The first-order valence-electron chi connectivity index (χ1n) is 8.65. The molecule has 0 amide bonds. The van der Waals surface area contributed by atoms with Crippen molar-refractivity contribution in [3.63, 3.8) is 0 Å². The quantitative estimate of drug-likeness (QED) is 0.725. The molecule has 136 valence electrons. The summed E-state index contributed by atoms with van der Waals surface area (Å²) in [6.07, 6.45) is 2.99. The molecule has 0 unspecified atom stereocenters. The number of aliphatic hydroxyl groups is 1. The lowest BCUT2D eigenvalue weighted by Crippen LogP contribution is -2.39. The summed E-state index contributed by atoms with van der Waals surface area (Å²) >= 11 is 0. The van der Waals surface area contributed by atoms with Gasteiger partial charge in [0, 0.05) is 12.6 Å². The molecule has 2 aromatic rings. The maximum Gasteiger partial charge on any atom is 0.296 e. The van der Waals surface area contributed by atoms with E-state index in [1.54, 1.807) is 26.1 Å². The van der Waals surface area contributed by atoms with E-state index in [2.05, 4.69) is 27.4 Å². The Balaban J connectivity index is 1.92. The van der Waals surface area contributed by atoms with Gasteiger partial charge in [-0.1, -0.05) is 18.8 Å². The fourth-order valence-electron chi connectivity index (χ4n) is 3.19. The third-order valence-corrected chi connectivity index (χ3v) is 4.63. The lowest BCUT2D eigenvalue weighted by molar-refractivity contribution is 0.116. The average molecular weight is 354 g/mol. The number of hydrogen-bond donors (Lipinski definition) is 3. The third kappa shape index (κ3) is 3.55. The maximum atomic E-state index is 12.6. The van der Waals surface area contributed by atoms with Crippen LogP contribution < -0.4 is 10.9 Å². The van der Waals surface area contributed by atoms with Crippen LogP contribution in [0.1, 0.15) is 38.2 Å². The van der Waals surface area contributed by atoms with Gasteiger partial charge in [-0.15, -0.1) is 16.1 Å². The van der Waals surface area contributed by atoms with Gasteiger partial charge < -0.3 is 15.5 Å². The highest BCUT2D eigenvalue weighted by Crippen LogP contribution is 2.27. The van der Waals surface area contributed by atoms with Crippen molar-refractivity contribution in [2.45, 2.75) is 44.8 Å². The van der Waals surface area contributed by atoms with E-state index in [-0.39, 0.29) is 29.0 Å². The zero-order valence-corrected chi connectivity index (χ0v) is 14.9. The minimum atomic E-state index is -0.494. The molecule has 1 aliphatic carbocycles. The molecule has 2 atom stereocenters. The average Bonchev–Trinajstić information content (AvgIpc) is 2.62. The number of nitrogens with zero attached hydrogens (tertiary/aromatic N) is 3. The molecule has 1 aliphatic rings. The third-order valence-electron chi connectivity index (χ3n) is 4.63. The van der Waals surface area contributed by atoms with Gasteiger partial charge in [0.15, 0.2) is 5.82 Å². The van der Waals surface area contributed by atoms with Crippen molar-refractivity contribution in [3.05, 3.63) is 34.1 Å². The second-order valence-electron chi connectivity index (χ2n) is 6.45. The van der Waals surface area contributed by atoms with Crippen molar-refractivity contribution in [1.82, 2.24) is 14.8 Å². The molecular weight excluding hydrogens is 332 g/mol. The van der Waals surface area contributed by atoms with Crippen molar-refractivity contribution < 1.29 is 10.2 Å². The molecule has 3 rings (SSSR count). The summed E-state index contributed by atoms with van der Waals surface area (Å²) in [6, 6.07) is 4.75. The minimum Gasteiger partial charge on any atom is -0.507 e. The minimum absolute atomic E-state index is 0.0158. The fourth-order valence-corrected chi connectivity index (χ4v) is 3.19. The molecule has 1 heterocycles.